The van der Waals surface area contributed by atoms with Gasteiger partial charge < -0.3 is 15.4 Å². The Kier molecular flexibility index (Phi) is 6.49. The minimum absolute atomic E-state index is 0.0134. The zero-order valence-corrected chi connectivity index (χ0v) is 17.1. The Morgan fingerprint density at radius 2 is 1.81 bits per heavy atom. The van der Waals surface area contributed by atoms with Crippen molar-refractivity contribution >= 4 is 29.1 Å². The summed E-state index contributed by atoms with van der Waals surface area (Å²) in [7, 11) is 0. The van der Waals surface area contributed by atoms with Crippen molar-refractivity contribution in [3.05, 3.63) is 84.3 Å². The van der Waals surface area contributed by atoms with Crippen molar-refractivity contribution in [3.63, 3.8) is 0 Å². The Hall–Kier alpha value is -3.78. The van der Waals surface area contributed by atoms with E-state index in [1.54, 1.807) is 24.7 Å². The molecule has 0 bridgehead atoms. The molecular weight excluding hydrogens is 419 g/mol. The molecule has 4 aromatic rings. The fraction of sp³-hybridized carbons (Fsp3) is 0.0909. The zero-order valence-electron chi connectivity index (χ0n) is 16.3. The van der Waals surface area contributed by atoms with Crippen LogP contribution in [0.5, 0.6) is 5.75 Å². The first-order chi connectivity index (χ1) is 15.2. The summed E-state index contributed by atoms with van der Waals surface area (Å²) in [5, 5.41) is 6.32. The molecule has 0 atom stereocenters. The van der Waals surface area contributed by atoms with Gasteiger partial charge >= 0.3 is 0 Å². The highest BCUT2D eigenvalue weighted by Crippen LogP contribution is 2.27. The first-order valence-corrected chi connectivity index (χ1v) is 9.83. The second-order valence-corrected chi connectivity index (χ2v) is 6.83. The van der Waals surface area contributed by atoms with E-state index >= 15 is 0 Å². The third kappa shape index (κ3) is 5.43. The van der Waals surface area contributed by atoms with Gasteiger partial charge in [-0.15, -0.1) is 0 Å². The van der Waals surface area contributed by atoms with E-state index in [-0.39, 0.29) is 5.02 Å². The lowest BCUT2D eigenvalue weighted by atomic mass is 10.1. The Morgan fingerprint density at radius 3 is 2.58 bits per heavy atom. The summed E-state index contributed by atoms with van der Waals surface area (Å²) in [6.07, 6.45) is 6.49. The normalized spacial score (nSPS) is 10.5. The number of aromatic nitrogens is 4. The van der Waals surface area contributed by atoms with E-state index < -0.39 is 5.82 Å². The molecule has 0 radical (unpaired) electrons. The molecule has 0 aliphatic carbocycles. The summed E-state index contributed by atoms with van der Waals surface area (Å²) in [4.78, 5) is 17.0. The largest absolute Gasteiger partial charge is 0.492 e. The topological polar surface area (TPSA) is 84.9 Å². The number of nitrogens with zero attached hydrogens (tertiary/aromatic N) is 4. The molecule has 0 saturated heterocycles. The van der Waals surface area contributed by atoms with Gasteiger partial charge in [-0.3, -0.25) is 0 Å². The van der Waals surface area contributed by atoms with Gasteiger partial charge in [0.2, 0.25) is 5.95 Å². The standard InChI is InChI=1S/C22H18ClFN6O/c23-19-10-16(6-7-20(19)24)29-22-28-13-18(15-11-25-14-26-12-15)21(30-22)27-8-9-31-17-4-2-1-3-5-17/h1-7,10-14H,8-9H2,(H2,27,28,29,30). The van der Waals surface area contributed by atoms with Crippen LogP contribution >= 0.6 is 11.6 Å². The van der Waals surface area contributed by atoms with Crippen molar-refractivity contribution < 1.29 is 9.13 Å². The van der Waals surface area contributed by atoms with Crippen LogP contribution in [0.3, 0.4) is 0 Å². The zero-order chi connectivity index (χ0) is 21.5. The predicted octanol–water partition coefficient (Wildman–Crippen LogP) is 4.96. The molecule has 156 valence electrons. The number of hydrogen-bond donors (Lipinski definition) is 2. The fourth-order valence-corrected chi connectivity index (χ4v) is 2.96. The highest BCUT2D eigenvalue weighted by atomic mass is 35.5. The molecule has 0 unspecified atom stereocenters. The van der Waals surface area contributed by atoms with Gasteiger partial charge in [-0.2, -0.15) is 4.98 Å². The SMILES string of the molecule is Fc1ccc(Nc2ncc(-c3cncnc3)c(NCCOc3ccccc3)n2)cc1Cl. The molecule has 31 heavy (non-hydrogen) atoms. The Labute approximate surface area is 183 Å². The van der Waals surface area contributed by atoms with Crippen LogP contribution in [0.15, 0.2) is 73.4 Å². The molecule has 2 aromatic heterocycles. The quantitative estimate of drug-likeness (QED) is 0.377. The average molecular weight is 437 g/mol. The van der Waals surface area contributed by atoms with Gasteiger partial charge in [0, 0.05) is 35.4 Å². The molecule has 2 aromatic carbocycles. The van der Waals surface area contributed by atoms with E-state index in [1.165, 1.54) is 18.5 Å². The van der Waals surface area contributed by atoms with E-state index in [9.17, 15) is 4.39 Å². The monoisotopic (exact) mass is 436 g/mol. The molecule has 0 fully saturated rings. The Bertz CT molecular complexity index is 1150. The van der Waals surface area contributed by atoms with Crippen LogP contribution in [-0.2, 0) is 0 Å². The molecule has 2 heterocycles. The summed E-state index contributed by atoms with van der Waals surface area (Å²) in [6, 6.07) is 13.9. The summed E-state index contributed by atoms with van der Waals surface area (Å²) < 4.78 is 19.1. The van der Waals surface area contributed by atoms with Gasteiger partial charge in [-0.25, -0.2) is 19.3 Å². The van der Waals surface area contributed by atoms with Gasteiger partial charge in [0.05, 0.1) is 11.6 Å². The number of anilines is 3. The van der Waals surface area contributed by atoms with Crippen molar-refractivity contribution in [2.24, 2.45) is 0 Å². The molecule has 7 nitrogen and oxygen atoms in total. The molecule has 0 aliphatic rings. The van der Waals surface area contributed by atoms with Crippen LogP contribution in [-0.4, -0.2) is 33.1 Å². The number of ether oxygens (including phenoxy) is 1. The second-order valence-electron chi connectivity index (χ2n) is 6.43. The molecule has 0 spiro atoms. The summed E-state index contributed by atoms with van der Waals surface area (Å²) >= 11 is 5.86. The first-order valence-electron chi connectivity index (χ1n) is 9.45. The van der Waals surface area contributed by atoms with Crippen LogP contribution in [0.2, 0.25) is 5.02 Å². The van der Waals surface area contributed by atoms with E-state index in [1.807, 2.05) is 30.3 Å². The molecule has 2 N–H and O–H groups in total. The summed E-state index contributed by atoms with van der Waals surface area (Å²) in [5.41, 5.74) is 2.08. The number of benzene rings is 2. The lowest BCUT2D eigenvalue weighted by Crippen LogP contribution is -2.14. The third-order valence-electron chi connectivity index (χ3n) is 4.24. The van der Waals surface area contributed by atoms with Crippen LogP contribution in [0.4, 0.5) is 21.8 Å². The maximum Gasteiger partial charge on any atom is 0.229 e. The lowest BCUT2D eigenvalue weighted by molar-refractivity contribution is 0.333. The average Bonchev–Trinajstić information content (AvgIpc) is 2.81. The van der Waals surface area contributed by atoms with Gasteiger partial charge in [-0.05, 0) is 30.3 Å². The first kappa shape index (κ1) is 20.5. The Balaban J connectivity index is 1.52. The minimum Gasteiger partial charge on any atom is -0.492 e. The van der Waals surface area contributed by atoms with Gasteiger partial charge in [0.15, 0.2) is 0 Å². The van der Waals surface area contributed by atoms with E-state index in [4.69, 9.17) is 16.3 Å². The van der Waals surface area contributed by atoms with E-state index in [2.05, 4.69) is 30.6 Å². The number of rotatable bonds is 8. The number of hydrogen-bond acceptors (Lipinski definition) is 7. The van der Waals surface area contributed by atoms with Crippen molar-refractivity contribution in [2.45, 2.75) is 0 Å². The van der Waals surface area contributed by atoms with Crippen LogP contribution in [0.1, 0.15) is 0 Å². The Morgan fingerprint density at radius 1 is 1.00 bits per heavy atom. The van der Waals surface area contributed by atoms with Crippen molar-refractivity contribution in [1.82, 2.24) is 19.9 Å². The van der Waals surface area contributed by atoms with Crippen LogP contribution in [0, 0.1) is 5.82 Å². The number of nitrogens with one attached hydrogen (secondary N) is 2. The van der Waals surface area contributed by atoms with Gasteiger partial charge in [0.25, 0.3) is 0 Å². The predicted molar refractivity (Wildman–Crippen MR) is 118 cm³/mol. The van der Waals surface area contributed by atoms with Crippen LogP contribution < -0.4 is 15.4 Å². The fourth-order valence-electron chi connectivity index (χ4n) is 2.78. The van der Waals surface area contributed by atoms with Crippen molar-refractivity contribution in [2.75, 3.05) is 23.8 Å². The summed E-state index contributed by atoms with van der Waals surface area (Å²) in [5.74, 6) is 1.21. The molecular formula is C22H18ClFN6O. The number of para-hydroxylation sites is 1. The molecule has 0 aliphatic heterocycles. The van der Waals surface area contributed by atoms with E-state index in [0.29, 0.717) is 30.6 Å². The smallest absolute Gasteiger partial charge is 0.229 e. The second kappa shape index (κ2) is 9.82. The lowest BCUT2D eigenvalue weighted by Gasteiger charge is -2.13. The third-order valence-corrected chi connectivity index (χ3v) is 4.53. The minimum atomic E-state index is -0.492. The van der Waals surface area contributed by atoms with Gasteiger partial charge in [-0.1, -0.05) is 29.8 Å². The highest BCUT2D eigenvalue weighted by molar-refractivity contribution is 6.31. The van der Waals surface area contributed by atoms with Crippen molar-refractivity contribution in [3.8, 4) is 16.9 Å². The summed E-state index contributed by atoms with van der Waals surface area (Å²) in [6.45, 7) is 0.948. The molecule has 9 heteroatoms. The molecule has 4 rings (SSSR count). The van der Waals surface area contributed by atoms with Gasteiger partial charge in [0.1, 0.15) is 30.3 Å². The van der Waals surface area contributed by atoms with Crippen LogP contribution in [0.25, 0.3) is 11.1 Å². The molecule has 0 amide bonds. The number of halogens is 2. The maximum atomic E-state index is 13.4. The highest BCUT2D eigenvalue weighted by Gasteiger charge is 2.11. The maximum absolute atomic E-state index is 13.4. The van der Waals surface area contributed by atoms with E-state index in [0.717, 1.165) is 16.9 Å². The van der Waals surface area contributed by atoms with Crippen molar-refractivity contribution in [1.29, 1.82) is 0 Å². The molecule has 0 saturated carbocycles.